The lowest BCUT2D eigenvalue weighted by Gasteiger charge is -2.34. The predicted octanol–water partition coefficient (Wildman–Crippen LogP) is 4.28. The molecule has 6 nitrogen and oxygen atoms in total. The molecule has 1 unspecified atom stereocenters. The SMILES string of the molecule is CC1Cn2ncc(-c3ccc(F)cc3F)c2CN1C(=O)Nc1ccc(F)c(C#N)c1. The van der Waals surface area contributed by atoms with Crippen molar-refractivity contribution in [3.63, 3.8) is 0 Å². The summed E-state index contributed by atoms with van der Waals surface area (Å²) in [5, 5.41) is 15.9. The van der Waals surface area contributed by atoms with Crippen LogP contribution in [0.15, 0.2) is 42.6 Å². The number of benzene rings is 2. The molecule has 9 heteroatoms. The van der Waals surface area contributed by atoms with E-state index in [4.69, 9.17) is 5.26 Å². The number of carbonyl (C=O) groups excluding carboxylic acids is 1. The predicted molar refractivity (Wildman–Crippen MR) is 103 cm³/mol. The molecule has 0 radical (unpaired) electrons. The van der Waals surface area contributed by atoms with Crippen LogP contribution in [0, 0.1) is 28.8 Å². The van der Waals surface area contributed by atoms with Crippen molar-refractivity contribution in [3.05, 3.63) is 71.3 Å². The smallest absolute Gasteiger partial charge is 0.314 e. The number of hydrogen-bond donors (Lipinski definition) is 1. The Morgan fingerprint density at radius 3 is 2.70 bits per heavy atom. The van der Waals surface area contributed by atoms with Gasteiger partial charge in [-0.1, -0.05) is 0 Å². The van der Waals surface area contributed by atoms with Crippen molar-refractivity contribution in [3.8, 4) is 17.2 Å². The number of nitrogens with one attached hydrogen (secondary N) is 1. The van der Waals surface area contributed by atoms with Crippen LogP contribution < -0.4 is 5.32 Å². The Kier molecular flexibility index (Phi) is 4.91. The number of hydrogen-bond acceptors (Lipinski definition) is 3. The van der Waals surface area contributed by atoms with Crippen LogP contribution in [0.4, 0.5) is 23.7 Å². The summed E-state index contributed by atoms with van der Waals surface area (Å²) in [6, 6.07) is 8.10. The van der Waals surface area contributed by atoms with Gasteiger partial charge in [0.1, 0.15) is 23.5 Å². The van der Waals surface area contributed by atoms with E-state index in [1.165, 1.54) is 35.4 Å². The maximum absolute atomic E-state index is 14.3. The minimum absolute atomic E-state index is 0.144. The first-order valence-electron chi connectivity index (χ1n) is 9.14. The number of rotatable bonds is 2. The highest BCUT2D eigenvalue weighted by atomic mass is 19.1. The maximum atomic E-state index is 14.3. The summed E-state index contributed by atoms with van der Waals surface area (Å²) in [5.74, 6) is -2.06. The van der Waals surface area contributed by atoms with E-state index in [0.29, 0.717) is 17.8 Å². The third kappa shape index (κ3) is 3.48. The molecule has 2 heterocycles. The highest BCUT2D eigenvalue weighted by Gasteiger charge is 2.30. The molecule has 1 N–H and O–H groups in total. The van der Waals surface area contributed by atoms with Crippen molar-refractivity contribution >= 4 is 11.7 Å². The molecule has 0 bridgehead atoms. The number of carbonyl (C=O) groups is 1. The lowest BCUT2D eigenvalue weighted by atomic mass is 10.0. The molecule has 152 valence electrons. The van der Waals surface area contributed by atoms with Crippen LogP contribution in [0.2, 0.25) is 0 Å². The van der Waals surface area contributed by atoms with Crippen molar-refractivity contribution in [2.24, 2.45) is 0 Å². The zero-order valence-corrected chi connectivity index (χ0v) is 15.9. The molecule has 0 aliphatic carbocycles. The van der Waals surface area contributed by atoms with E-state index < -0.39 is 23.5 Å². The van der Waals surface area contributed by atoms with Crippen LogP contribution in [0.5, 0.6) is 0 Å². The Morgan fingerprint density at radius 1 is 1.17 bits per heavy atom. The number of anilines is 1. The first-order chi connectivity index (χ1) is 14.4. The van der Waals surface area contributed by atoms with Crippen LogP contribution >= 0.6 is 0 Å². The second-order valence-corrected chi connectivity index (χ2v) is 7.02. The minimum atomic E-state index is -0.712. The number of nitrogens with zero attached hydrogens (tertiary/aromatic N) is 4. The van der Waals surface area contributed by atoms with Crippen LogP contribution in [-0.2, 0) is 13.1 Å². The van der Waals surface area contributed by atoms with Crippen molar-refractivity contribution in [1.29, 1.82) is 5.26 Å². The monoisotopic (exact) mass is 411 g/mol. The Morgan fingerprint density at radius 2 is 1.97 bits per heavy atom. The molecule has 2 amide bonds. The molecule has 1 atom stereocenters. The quantitative estimate of drug-likeness (QED) is 0.684. The average Bonchev–Trinajstić information content (AvgIpc) is 3.11. The van der Waals surface area contributed by atoms with Gasteiger partial charge in [0.15, 0.2) is 0 Å². The normalized spacial score (nSPS) is 15.4. The largest absolute Gasteiger partial charge is 0.322 e. The molecular formula is C21H16F3N5O. The minimum Gasteiger partial charge on any atom is -0.314 e. The molecule has 0 fully saturated rings. The fraction of sp³-hybridized carbons (Fsp3) is 0.190. The van der Waals surface area contributed by atoms with Crippen LogP contribution in [-0.4, -0.2) is 26.8 Å². The second-order valence-electron chi connectivity index (χ2n) is 7.02. The average molecular weight is 411 g/mol. The molecular weight excluding hydrogens is 395 g/mol. The van der Waals surface area contributed by atoms with Gasteiger partial charge in [0, 0.05) is 22.9 Å². The molecule has 0 spiro atoms. The van der Waals surface area contributed by atoms with Gasteiger partial charge in [-0.2, -0.15) is 10.4 Å². The molecule has 1 aliphatic rings. The van der Waals surface area contributed by atoms with Gasteiger partial charge in [-0.25, -0.2) is 18.0 Å². The molecule has 1 aromatic heterocycles. The zero-order valence-electron chi connectivity index (χ0n) is 15.9. The molecule has 0 saturated carbocycles. The zero-order chi connectivity index (χ0) is 21.4. The Balaban J connectivity index is 1.61. The Labute approximate surface area is 170 Å². The topological polar surface area (TPSA) is 74.0 Å². The van der Waals surface area contributed by atoms with Gasteiger partial charge in [-0.3, -0.25) is 4.68 Å². The number of amides is 2. The first-order valence-corrected chi connectivity index (χ1v) is 9.14. The van der Waals surface area contributed by atoms with Gasteiger partial charge in [0.25, 0.3) is 0 Å². The number of fused-ring (bicyclic) bond motifs is 1. The summed E-state index contributed by atoms with van der Waals surface area (Å²) in [4.78, 5) is 14.4. The summed E-state index contributed by atoms with van der Waals surface area (Å²) in [7, 11) is 0. The molecule has 30 heavy (non-hydrogen) atoms. The van der Waals surface area contributed by atoms with Gasteiger partial charge in [-0.15, -0.1) is 0 Å². The number of halogens is 3. The van der Waals surface area contributed by atoms with Crippen LogP contribution in [0.3, 0.4) is 0 Å². The number of nitriles is 1. The Bertz CT molecular complexity index is 1180. The maximum Gasteiger partial charge on any atom is 0.322 e. The molecule has 3 aromatic rings. The van der Waals surface area contributed by atoms with Crippen LogP contribution in [0.25, 0.3) is 11.1 Å². The summed E-state index contributed by atoms with van der Waals surface area (Å²) < 4.78 is 42.7. The van der Waals surface area contributed by atoms with Gasteiger partial charge in [0.05, 0.1) is 36.6 Å². The fourth-order valence-corrected chi connectivity index (χ4v) is 3.49. The van der Waals surface area contributed by atoms with E-state index in [-0.39, 0.29) is 29.4 Å². The molecule has 1 aliphatic heterocycles. The van der Waals surface area contributed by atoms with E-state index in [0.717, 1.165) is 12.1 Å². The number of urea groups is 1. The standard InChI is InChI=1S/C21H16F3N5O/c1-12-10-29-20(17(9-26-29)16-4-2-14(22)7-19(16)24)11-28(12)21(30)27-15-3-5-18(23)13(6-15)8-25/h2-7,9,12H,10-11H2,1H3,(H,27,30). The van der Waals surface area contributed by atoms with Gasteiger partial charge in [0.2, 0.25) is 0 Å². The molecule has 0 saturated heterocycles. The lowest BCUT2D eigenvalue weighted by molar-refractivity contribution is 0.162. The number of aromatic nitrogens is 2. The molecule has 4 rings (SSSR count). The summed E-state index contributed by atoms with van der Waals surface area (Å²) >= 11 is 0. The van der Waals surface area contributed by atoms with Crippen molar-refractivity contribution in [2.75, 3.05) is 5.32 Å². The van der Waals surface area contributed by atoms with Gasteiger partial charge >= 0.3 is 6.03 Å². The van der Waals surface area contributed by atoms with E-state index in [2.05, 4.69) is 10.4 Å². The van der Waals surface area contributed by atoms with Crippen LogP contribution in [0.1, 0.15) is 18.2 Å². The summed E-state index contributed by atoms with van der Waals surface area (Å²) in [5.41, 5.74) is 1.40. The first kappa shape index (κ1) is 19.5. The lowest BCUT2D eigenvalue weighted by Crippen LogP contribution is -2.47. The second kappa shape index (κ2) is 7.55. The van der Waals surface area contributed by atoms with Crippen molar-refractivity contribution in [1.82, 2.24) is 14.7 Å². The summed E-state index contributed by atoms with van der Waals surface area (Å²) in [6.45, 7) is 2.37. The summed E-state index contributed by atoms with van der Waals surface area (Å²) in [6.07, 6.45) is 1.50. The third-order valence-corrected chi connectivity index (χ3v) is 5.06. The highest BCUT2D eigenvalue weighted by molar-refractivity contribution is 5.90. The van der Waals surface area contributed by atoms with Crippen molar-refractivity contribution in [2.45, 2.75) is 26.1 Å². The van der Waals surface area contributed by atoms with E-state index in [9.17, 15) is 18.0 Å². The fourth-order valence-electron chi connectivity index (χ4n) is 3.49. The van der Waals surface area contributed by atoms with E-state index in [1.54, 1.807) is 10.8 Å². The highest BCUT2D eigenvalue weighted by Crippen LogP contribution is 2.31. The van der Waals surface area contributed by atoms with E-state index >= 15 is 0 Å². The van der Waals surface area contributed by atoms with Crippen molar-refractivity contribution < 1.29 is 18.0 Å². The van der Waals surface area contributed by atoms with E-state index in [1.807, 2.05) is 6.92 Å². The molecule has 2 aromatic carbocycles. The van der Waals surface area contributed by atoms with Gasteiger partial charge < -0.3 is 10.2 Å². The van der Waals surface area contributed by atoms with Gasteiger partial charge in [-0.05, 0) is 37.3 Å². The Hall–Kier alpha value is -3.80. The third-order valence-electron chi connectivity index (χ3n) is 5.06.